The van der Waals surface area contributed by atoms with Gasteiger partial charge in [0.1, 0.15) is 5.76 Å². The molecule has 0 unspecified atom stereocenters. The van der Waals surface area contributed by atoms with Crippen molar-refractivity contribution in [2.24, 2.45) is 0 Å². The molecule has 138 valence electrons. The van der Waals surface area contributed by atoms with Gasteiger partial charge in [-0.3, -0.25) is 4.79 Å². The lowest BCUT2D eigenvalue weighted by Crippen LogP contribution is -2.15. The number of nitrogens with one attached hydrogen (secondary N) is 1. The molecule has 0 bridgehead atoms. The molecule has 4 rings (SSSR count). The molecule has 1 amide bonds. The molecule has 0 fully saturated rings. The third kappa shape index (κ3) is 2.94. The summed E-state index contributed by atoms with van der Waals surface area (Å²) in [5, 5.41) is 3.78. The van der Waals surface area contributed by atoms with Gasteiger partial charge in [0.15, 0.2) is 5.76 Å². The van der Waals surface area contributed by atoms with Crippen LogP contribution in [0.15, 0.2) is 28.7 Å². The molecule has 2 heterocycles. The molecule has 0 saturated carbocycles. The van der Waals surface area contributed by atoms with Crippen LogP contribution in [0.1, 0.15) is 42.1 Å². The number of amides is 1. The lowest BCUT2D eigenvalue weighted by molar-refractivity contribution is 0.0602. The SMILES string of the molecule is COC(=O)c1ccccc1NC(=O)c1oc2c(c1C)-c1nc(C)sc1CC2. The van der Waals surface area contributed by atoms with Crippen LogP contribution in [0.25, 0.3) is 11.3 Å². The molecule has 1 aliphatic rings. The van der Waals surface area contributed by atoms with E-state index in [0.29, 0.717) is 11.3 Å². The first-order valence-corrected chi connectivity index (χ1v) is 9.39. The van der Waals surface area contributed by atoms with Crippen molar-refractivity contribution in [3.63, 3.8) is 0 Å². The number of aryl methyl sites for hydroxylation is 3. The number of anilines is 1. The lowest BCUT2D eigenvalue weighted by Gasteiger charge is -2.09. The minimum atomic E-state index is -0.510. The molecule has 1 aromatic carbocycles. The topological polar surface area (TPSA) is 81.4 Å². The number of carbonyl (C=O) groups excluding carboxylic acids is 2. The Morgan fingerprint density at radius 2 is 2.00 bits per heavy atom. The number of aromatic nitrogens is 1. The largest absolute Gasteiger partial charge is 0.465 e. The first-order valence-electron chi connectivity index (χ1n) is 8.57. The second kappa shape index (κ2) is 6.66. The molecule has 3 aromatic rings. The van der Waals surface area contributed by atoms with Crippen molar-refractivity contribution >= 4 is 28.9 Å². The molecular weight excluding hydrogens is 364 g/mol. The van der Waals surface area contributed by atoms with Crippen LogP contribution in [0, 0.1) is 13.8 Å². The van der Waals surface area contributed by atoms with E-state index < -0.39 is 11.9 Å². The highest BCUT2D eigenvalue weighted by molar-refractivity contribution is 7.12. The van der Waals surface area contributed by atoms with E-state index in [9.17, 15) is 9.59 Å². The average molecular weight is 382 g/mol. The molecule has 2 aromatic heterocycles. The van der Waals surface area contributed by atoms with Gasteiger partial charge in [-0.2, -0.15) is 0 Å². The number of methoxy groups -OCH3 is 1. The van der Waals surface area contributed by atoms with Gasteiger partial charge in [-0.1, -0.05) is 12.1 Å². The summed E-state index contributed by atoms with van der Waals surface area (Å²) >= 11 is 1.69. The van der Waals surface area contributed by atoms with Crippen LogP contribution < -0.4 is 5.32 Å². The molecule has 0 radical (unpaired) electrons. The quantitative estimate of drug-likeness (QED) is 0.688. The zero-order valence-corrected chi connectivity index (χ0v) is 16.0. The predicted octanol–water partition coefficient (Wildman–Crippen LogP) is 4.16. The number of furan rings is 1. The Morgan fingerprint density at radius 1 is 1.22 bits per heavy atom. The number of thiazole rings is 1. The number of para-hydroxylation sites is 1. The maximum atomic E-state index is 12.9. The van der Waals surface area contributed by atoms with E-state index in [1.54, 1.807) is 35.6 Å². The van der Waals surface area contributed by atoms with E-state index in [4.69, 9.17) is 9.15 Å². The van der Waals surface area contributed by atoms with E-state index in [2.05, 4.69) is 10.3 Å². The van der Waals surface area contributed by atoms with Gasteiger partial charge in [0.2, 0.25) is 0 Å². The molecule has 0 atom stereocenters. The summed E-state index contributed by atoms with van der Waals surface area (Å²) in [5.41, 5.74) is 3.29. The summed E-state index contributed by atoms with van der Waals surface area (Å²) in [6.45, 7) is 3.85. The summed E-state index contributed by atoms with van der Waals surface area (Å²) in [4.78, 5) is 30.6. The Bertz CT molecular complexity index is 1060. The Morgan fingerprint density at radius 3 is 2.78 bits per heavy atom. The van der Waals surface area contributed by atoms with Crippen molar-refractivity contribution in [2.45, 2.75) is 26.7 Å². The normalized spacial score (nSPS) is 12.3. The summed E-state index contributed by atoms with van der Waals surface area (Å²) in [5.74, 6) is 0.130. The maximum Gasteiger partial charge on any atom is 0.339 e. The zero-order valence-electron chi connectivity index (χ0n) is 15.2. The van der Waals surface area contributed by atoms with Gasteiger partial charge < -0.3 is 14.5 Å². The first-order chi connectivity index (χ1) is 13.0. The van der Waals surface area contributed by atoms with Gasteiger partial charge in [0.25, 0.3) is 5.91 Å². The maximum absolute atomic E-state index is 12.9. The van der Waals surface area contributed by atoms with Crippen molar-refractivity contribution in [1.82, 2.24) is 4.98 Å². The molecule has 27 heavy (non-hydrogen) atoms. The van der Waals surface area contributed by atoms with Crippen LogP contribution in [-0.4, -0.2) is 24.0 Å². The zero-order chi connectivity index (χ0) is 19.1. The van der Waals surface area contributed by atoms with Crippen molar-refractivity contribution in [3.05, 3.63) is 56.8 Å². The number of ether oxygens (including phenoxy) is 1. The predicted molar refractivity (Wildman–Crippen MR) is 102 cm³/mol. The van der Waals surface area contributed by atoms with Crippen molar-refractivity contribution in [2.75, 3.05) is 12.4 Å². The fraction of sp³-hybridized carbons (Fsp3) is 0.250. The van der Waals surface area contributed by atoms with Crippen molar-refractivity contribution in [1.29, 1.82) is 0 Å². The standard InChI is InChI=1S/C20H18N2O4S/c1-10-16-14(8-9-15-17(16)21-11(2)27-15)26-18(10)19(23)22-13-7-5-4-6-12(13)20(24)25-3/h4-7H,8-9H2,1-3H3,(H,22,23). The summed E-state index contributed by atoms with van der Waals surface area (Å²) < 4.78 is 10.7. The number of benzene rings is 1. The van der Waals surface area contributed by atoms with Gasteiger partial charge in [-0.05, 0) is 32.4 Å². The fourth-order valence-corrected chi connectivity index (χ4v) is 4.34. The van der Waals surface area contributed by atoms with Crippen molar-refractivity contribution in [3.8, 4) is 11.3 Å². The van der Waals surface area contributed by atoms with Gasteiger partial charge in [-0.25, -0.2) is 9.78 Å². The number of carbonyl (C=O) groups is 2. The lowest BCUT2D eigenvalue weighted by atomic mass is 9.97. The number of fused-ring (bicyclic) bond motifs is 3. The van der Waals surface area contributed by atoms with E-state index in [0.717, 1.165) is 40.4 Å². The number of rotatable bonds is 3. The highest BCUT2D eigenvalue weighted by Gasteiger charge is 2.30. The number of esters is 1. The minimum absolute atomic E-state index is 0.248. The average Bonchev–Trinajstić information content (AvgIpc) is 3.20. The van der Waals surface area contributed by atoms with Gasteiger partial charge in [-0.15, -0.1) is 11.3 Å². The van der Waals surface area contributed by atoms with Crippen LogP contribution in [0.4, 0.5) is 5.69 Å². The number of hydrogen-bond acceptors (Lipinski definition) is 6. The summed E-state index contributed by atoms with van der Waals surface area (Å²) in [7, 11) is 1.30. The second-order valence-corrected chi connectivity index (χ2v) is 7.64. The molecule has 7 heteroatoms. The Kier molecular flexibility index (Phi) is 4.31. The molecule has 6 nitrogen and oxygen atoms in total. The Hall–Kier alpha value is -2.93. The van der Waals surface area contributed by atoms with E-state index >= 15 is 0 Å². The Balaban J connectivity index is 1.70. The van der Waals surface area contributed by atoms with Gasteiger partial charge >= 0.3 is 5.97 Å². The molecule has 1 aliphatic carbocycles. The van der Waals surface area contributed by atoms with Crippen LogP contribution in [-0.2, 0) is 17.6 Å². The molecule has 0 saturated heterocycles. The summed E-state index contributed by atoms with van der Waals surface area (Å²) in [6, 6.07) is 6.72. The number of nitrogens with zero attached hydrogens (tertiary/aromatic N) is 1. The summed E-state index contributed by atoms with van der Waals surface area (Å²) in [6.07, 6.45) is 1.61. The molecule has 0 aliphatic heterocycles. The minimum Gasteiger partial charge on any atom is -0.465 e. The third-order valence-electron chi connectivity index (χ3n) is 4.63. The Labute approximate surface area is 160 Å². The smallest absolute Gasteiger partial charge is 0.339 e. The first kappa shape index (κ1) is 17.5. The van der Waals surface area contributed by atoms with E-state index in [1.165, 1.54) is 12.0 Å². The van der Waals surface area contributed by atoms with Crippen LogP contribution in [0.5, 0.6) is 0 Å². The van der Waals surface area contributed by atoms with E-state index in [1.807, 2.05) is 13.8 Å². The van der Waals surface area contributed by atoms with Gasteiger partial charge in [0.05, 0.1) is 29.1 Å². The molecular formula is C20H18N2O4S. The van der Waals surface area contributed by atoms with Crippen molar-refractivity contribution < 1.29 is 18.7 Å². The fourth-order valence-electron chi connectivity index (χ4n) is 3.40. The third-order valence-corrected chi connectivity index (χ3v) is 5.66. The van der Waals surface area contributed by atoms with Crippen LogP contribution in [0.3, 0.4) is 0 Å². The second-order valence-electron chi connectivity index (χ2n) is 6.35. The molecule has 1 N–H and O–H groups in total. The van der Waals surface area contributed by atoms with Crippen LogP contribution in [0.2, 0.25) is 0 Å². The highest BCUT2D eigenvalue weighted by Crippen LogP contribution is 2.41. The van der Waals surface area contributed by atoms with Gasteiger partial charge in [0, 0.05) is 22.4 Å². The number of hydrogen-bond donors (Lipinski definition) is 1. The van der Waals surface area contributed by atoms with Crippen LogP contribution >= 0.6 is 11.3 Å². The highest BCUT2D eigenvalue weighted by atomic mass is 32.1. The van der Waals surface area contributed by atoms with E-state index in [-0.39, 0.29) is 5.76 Å². The molecule has 0 spiro atoms. The monoisotopic (exact) mass is 382 g/mol.